The molecule has 0 unspecified atom stereocenters. The van der Waals surface area contributed by atoms with Crippen molar-refractivity contribution in [3.8, 4) is 0 Å². The van der Waals surface area contributed by atoms with Crippen LogP contribution in [-0.4, -0.2) is 32.9 Å². The minimum atomic E-state index is -3.24. The summed E-state index contributed by atoms with van der Waals surface area (Å²) in [5.41, 5.74) is 0. The number of sulfone groups is 1. The molecule has 1 aromatic carbocycles. The molecule has 0 saturated carbocycles. The van der Waals surface area contributed by atoms with Crippen LogP contribution in [0.4, 0.5) is 0 Å². The highest BCUT2D eigenvalue weighted by atomic mass is 32.2. The quantitative estimate of drug-likeness (QED) is 0.639. The fraction of sp³-hybridized carbons (Fsp3) is 0.417. The molecule has 0 heterocycles. The van der Waals surface area contributed by atoms with Gasteiger partial charge in [-0.25, -0.2) is 8.42 Å². The van der Waals surface area contributed by atoms with Gasteiger partial charge in [-0.15, -0.1) is 11.8 Å². The smallest absolute Gasteiger partial charge is 0.216 e. The first-order valence-electron chi connectivity index (χ1n) is 5.57. The Morgan fingerprint density at radius 2 is 1.89 bits per heavy atom. The second-order valence-corrected chi connectivity index (χ2v) is 6.82. The van der Waals surface area contributed by atoms with Crippen molar-refractivity contribution in [3.05, 3.63) is 24.3 Å². The van der Waals surface area contributed by atoms with Crippen molar-refractivity contribution >= 4 is 27.5 Å². The molecule has 0 aliphatic heterocycles. The maximum Gasteiger partial charge on any atom is 0.216 e. The van der Waals surface area contributed by atoms with Crippen LogP contribution in [0.5, 0.6) is 0 Å². The first-order chi connectivity index (χ1) is 8.45. The molecule has 0 spiro atoms. The molecule has 0 atom stereocenters. The van der Waals surface area contributed by atoms with Crippen molar-refractivity contribution in [3.63, 3.8) is 0 Å². The Balaban J connectivity index is 2.59. The van der Waals surface area contributed by atoms with Gasteiger partial charge in [-0.05, 0) is 36.9 Å². The van der Waals surface area contributed by atoms with Gasteiger partial charge in [-0.3, -0.25) is 4.79 Å². The van der Waals surface area contributed by atoms with Crippen molar-refractivity contribution in [2.24, 2.45) is 0 Å². The molecule has 0 saturated heterocycles. The lowest BCUT2D eigenvalue weighted by atomic mass is 10.4. The number of carbonyl (C=O) groups excluding carboxylic acids is 1. The van der Waals surface area contributed by atoms with Crippen LogP contribution >= 0.6 is 11.8 Å². The second-order valence-electron chi connectivity index (χ2n) is 3.83. The van der Waals surface area contributed by atoms with E-state index in [4.69, 9.17) is 0 Å². The third-order valence-electron chi connectivity index (χ3n) is 2.38. The minimum absolute atomic E-state index is 0.0475. The van der Waals surface area contributed by atoms with Gasteiger partial charge in [0, 0.05) is 18.4 Å². The fourth-order valence-electron chi connectivity index (χ4n) is 1.43. The molecule has 1 N–H and O–H groups in total. The lowest BCUT2D eigenvalue weighted by Crippen LogP contribution is -2.23. The molecular weight excluding hydrogens is 270 g/mol. The van der Waals surface area contributed by atoms with E-state index in [0.717, 1.165) is 4.90 Å². The van der Waals surface area contributed by atoms with Gasteiger partial charge in [0.1, 0.15) is 0 Å². The molecule has 1 amide bonds. The van der Waals surface area contributed by atoms with E-state index in [9.17, 15) is 13.2 Å². The van der Waals surface area contributed by atoms with E-state index in [1.807, 2.05) is 6.26 Å². The topological polar surface area (TPSA) is 63.2 Å². The van der Waals surface area contributed by atoms with E-state index in [1.165, 1.54) is 6.92 Å². The monoisotopic (exact) mass is 287 g/mol. The Bertz CT molecular complexity index is 495. The lowest BCUT2D eigenvalue weighted by Gasteiger charge is -2.05. The minimum Gasteiger partial charge on any atom is -0.356 e. The van der Waals surface area contributed by atoms with Crippen LogP contribution in [-0.2, 0) is 14.6 Å². The summed E-state index contributed by atoms with van der Waals surface area (Å²) >= 11 is 1.57. The summed E-state index contributed by atoms with van der Waals surface area (Å²) in [7, 11) is -3.24. The molecule has 0 aliphatic rings. The van der Waals surface area contributed by atoms with Crippen LogP contribution in [0.3, 0.4) is 0 Å². The van der Waals surface area contributed by atoms with Gasteiger partial charge >= 0.3 is 0 Å². The van der Waals surface area contributed by atoms with Crippen LogP contribution in [0.15, 0.2) is 34.1 Å². The van der Waals surface area contributed by atoms with Crippen LogP contribution in [0.25, 0.3) is 0 Å². The predicted octanol–water partition coefficient (Wildman–Crippen LogP) is 1.71. The molecule has 0 fully saturated rings. The van der Waals surface area contributed by atoms with Gasteiger partial charge in [0.25, 0.3) is 0 Å². The highest BCUT2D eigenvalue weighted by Crippen LogP contribution is 2.18. The number of rotatable bonds is 6. The molecule has 100 valence electrons. The number of nitrogens with one attached hydrogen (secondary N) is 1. The number of hydrogen-bond donors (Lipinski definition) is 1. The lowest BCUT2D eigenvalue weighted by molar-refractivity contribution is -0.118. The Morgan fingerprint density at radius 1 is 1.28 bits per heavy atom. The fourth-order valence-corrected chi connectivity index (χ4v) is 3.15. The van der Waals surface area contributed by atoms with Gasteiger partial charge < -0.3 is 5.32 Å². The zero-order valence-corrected chi connectivity index (χ0v) is 12.1. The molecular formula is C12H17NO3S2. The molecule has 0 aromatic heterocycles. The van der Waals surface area contributed by atoms with E-state index in [1.54, 1.807) is 36.0 Å². The highest BCUT2D eigenvalue weighted by Gasteiger charge is 2.13. The standard InChI is InChI=1S/C12H17NO3S2/c1-10(14)13-8-3-9-18(15,16)12-6-4-11(17-2)5-7-12/h4-7H,3,8-9H2,1-2H3,(H,13,14). The zero-order valence-electron chi connectivity index (χ0n) is 10.5. The Kier molecular flexibility index (Phi) is 5.68. The van der Waals surface area contributed by atoms with Crippen LogP contribution < -0.4 is 5.32 Å². The predicted molar refractivity (Wildman–Crippen MR) is 73.6 cm³/mol. The number of benzene rings is 1. The first-order valence-corrected chi connectivity index (χ1v) is 8.44. The summed E-state index contributed by atoms with van der Waals surface area (Å²) in [6.07, 6.45) is 2.36. The number of thioether (sulfide) groups is 1. The van der Waals surface area contributed by atoms with Crippen molar-refractivity contribution < 1.29 is 13.2 Å². The van der Waals surface area contributed by atoms with E-state index in [0.29, 0.717) is 17.9 Å². The molecule has 6 heteroatoms. The van der Waals surface area contributed by atoms with Gasteiger partial charge in [0.15, 0.2) is 9.84 Å². The maximum atomic E-state index is 12.0. The third kappa shape index (κ3) is 4.70. The maximum absolute atomic E-state index is 12.0. The van der Waals surface area contributed by atoms with Gasteiger partial charge in [-0.1, -0.05) is 0 Å². The Labute approximate surface area is 112 Å². The van der Waals surface area contributed by atoms with E-state index < -0.39 is 9.84 Å². The Morgan fingerprint density at radius 3 is 2.39 bits per heavy atom. The van der Waals surface area contributed by atoms with Gasteiger partial charge in [0.05, 0.1) is 10.6 Å². The average Bonchev–Trinajstić information content (AvgIpc) is 2.34. The summed E-state index contributed by atoms with van der Waals surface area (Å²) in [6.45, 7) is 1.80. The van der Waals surface area contributed by atoms with Crippen molar-refractivity contribution in [1.29, 1.82) is 0 Å². The molecule has 4 nitrogen and oxygen atoms in total. The van der Waals surface area contributed by atoms with E-state index >= 15 is 0 Å². The molecule has 0 bridgehead atoms. The molecule has 0 radical (unpaired) electrons. The largest absolute Gasteiger partial charge is 0.356 e. The van der Waals surface area contributed by atoms with Gasteiger partial charge in [-0.2, -0.15) is 0 Å². The summed E-state index contributed by atoms with van der Waals surface area (Å²) in [5.74, 6) is -0.0944. The average molecular weight is 287 g/mol. The molecule has 18 heavy (non-hydrogen) atoms. The van der Waals surface area contributed by atoms with E-state index in [2.05, 4.69) is 5.32 Å². The summed E-state index contributed by atoms with van der Waals surface area (Å²) in [4.78, 5) is 12.0. The molecule has 1 rings (SSSR count). The number of hydrogen-bond acceptors (Lipinski definition) is 4. The van der Waals surface area contributed by atoms with Crippen LogP contribution in [0, 0.1) is 0 Å². The van der Waals surface area contributed by atoms with E-state index in [-0.39, 0.29) is 11.7 Å². The SMILES string of the molecule is CSc1ccc(S(=O)(=O)CCCNC(C)=O)cc1. The summed E-state index contributed by atoms with van der Waals surface area (Å²) < 4.78 is 23.9. The highest BCUT2D eigenvalue weighted by molar-refractivity contribution is 7.98. The molecule has 0 aliphatic carbocycles. The van der Waals surface area contributed by atoms with Crippen molar-refractivity contribution in [2.45, 2.75) is 23.1 Å². The Hall–Kier alpha value is -1.01. The normalized spacial score (nSPS) is 11.2. The summed E-state index contributed by atoms with van der Waals surface area (Å²) in [5, 5.41) is 2.58. The van der Waals surface area contributed by atoms with Crippen molar-refractivity contribution in [1.82, 2.24) is 5.32 Å². The van der Waals surface area contributed by atoms with Gasteiger partial charge in [0.2, 0.25) is 5.91 Å². The second kappa shape index (κ2) is 6.80. The van der Waals surface area contributed by atoms with Crippen LogP contribution in [0.1, 0.15) is 13.3 Å². The van der Waals surface area contributed by atoms with Crippen LogP contribution in [0.2, 0.25) is 0 Å². The number of carbonyl (C=O) groups is 1. The summed E-state index contributed by atoms with van der Waals surface area (Å²) in [6, 6.07) is 6.84. The van der Waals surface area contributed by atoms with Crippen molar-refractivity contribution in [2.75, 3.05) is 18.6 Å². The molecule has 1 aromatic rings. The first kappa shape index (κ1) is 15.0. The number of amides is 1. The third-order valence-corrected chi connectivity index (χ3v) is 4.94. The zero-order chi connectivity index (χ0) is 13.6.